The van der Waals surface area contributed by atoms with E-state index in [4.69, 9.17) is 10.5 Å². The minimum atomic E-state index is -0.348. The fourth-order valence-electron chi connectivity index (χ4n) is 3.18. The van der Waals surface area contributed by atoms with Gasteiger partial charge in [-0.3, -0.25) is 0 Å². The summed E-state index contributed by atoms with van der Waals surface area (Å²) in [5, 5.41) is 9.75. The van der Waals surface area contributed by atoms with Gasteiger partial charge in [-0.25, -0.2) is 4.98 Å². The molecule has 1 aromatic heterocycles. The van der Waals surface area contributed by atoms with Gasteiger partial charge in [0.1, 0.15) is 11.6 Å². The number of nitrogens with zero attached hydrogens (tertiary/aromatic N) is 3. The molecule has 126 valence electrons. The fraction of sp³-hybridized carbons (Fsp3) is 0.0476. The molecule has 4 rings (SSSR count). The SMILES string of the molecule is N#CC1=C(N)OC(c2ccccc2)=C(n2ccnc2)C1c1ccccc1. The van der Waals surface area contributed by atoms with Crippen molar-refractivity contribution in [2.45, 2.75) is 5.92 Å². The monoisotopic (exact) mass is 340 g/mol. The summed E-state index contributed by atoms with van der Waals surface area (Å²) in [4.78, 5) is 4.17. The predicted octanol–water partition coefficient (Wildman–Crippen LogP) is 3.72. The molecule has 2 aromatic carbocycles. The summed E-state index contributed by atoms with van der Waals surface area (Å²) in [6.07, 6.45) is 5.24. The standard InChI is InChI=1S/C21H16N4O/c22-13-17-18(15-7-3-1-4-8-15)19(25-12-11-24-14-25)20(26-21(17)23)16-9-5-2-6-10-16/h1-12,14,18H,23H2. The van der Waals surface area contributed by atoms with Crippen LogP contribution >= 0.6 is 0 Å². The van der Waals surface area contributed by atoms with Gasteiger partial charge in [0.25, 0.3) is 0 Å². The second kappa shape index (κ2) is 6.61. The lowest BCUT2D eigenvalue weighted by molar-refractivity contribution is 0.361. The van der Waals surface area contributed by atoms with E-state index in [1.165, 1.54) is 0 Å². The second-order valence-corrected chi connectivity index (χ2v) is 5.89. The smallest absolute Gasteiger partial charge is 0.205 e. The molecule has 0 radical (unpaired) electrons. The van der Waals surface area contributed by atoms with Crippen LogP contribution in [0.25, 0.3) is 11.5 Å². The number of ether oxygens (including phenoxy) is 1. The van der Waals surface area contributed by atoms with Crippen LogP contribution in [0.1, 0.15) is 17.0 Å². The Morgan fingerprint density at radius 2 is 1.73 bits per heavy atom. The lowest BCUT2D eigenvalue weighted by atomic mass is 9.85. The molecule has 1 aliphatic heterocycles. The Labute approximate surface area is 151 Å². The van der Waals surface area contributed by atoms with Crippen molar-refractivity contribution in [1.82, 2.24) is 9.55 Å². The average molecular weight is 340 g/mol. The topological polar surface area (TPSA) is 76.9 Å². The average Bonchev–Trinajstić information content (AvgIpc) is 3.23. The molecule has 0 amide bonds. The summed E-state index contributed by atoms with van der Waals surface area (Å²) in [6.45, 7) is 0. The van der Waals surface area contributed by atoms with Crippen LogP contribution in [-0.4, -0.2) is 9.55 Å². The molecule has 5 heteroatoms. The first-order valence-electron chi connectivity index (χ1n) is 8.20. The molecule has 26 heavy (non-hydrogen) atoms. The minimum Gasteiger partial charge on any atom is -0.438 e. The zero-order chi connectivity index (χ0) is 17.9. The Bertz CT molecular complexity index is 1010. The number of nitriles is 1. The molecule has 0 spiro atoms. The quantitative estimate of drug-likeness (QED) is 0.788. The number of allylic oxidation sites excluding steroid dienone is 2. The lowest BCUT2D eigenvalue weighted by Gasteiger charge is -2.29. The first kappa shape index (κ1) is 15.7. The predicted molar refractivity (Wildman–Crippen MR) is 98.9 cm³/mol. The summed E-state index contributed by atoms with van der Waals surface area (Å²) in [6, 6.07) is 21.8. The highest BCUT2D eigenvalue weighted by Gasteiger charge is 2.34. The molecule has 0 saturated heterocycles. The Morgan fingerprint density at radius 3 is 2.35 bits per heavy atom. The van der Waals surface area contributed by atoms with Crippen LogP contribution in [0, 0.1) is 11.3 Å². The lowest BCUT2D eigenvalue weighted by Crippen LogP contribution is -2.22. The van der Waals surface area contributed by atoms with Crippen molar-refractivity contribution in [3.8, 4) is 6.07 Å². The highest BCUT2D eigenvalue weighted by atomic mass is 16.5. The summed E-state index contributed by atoms with van der Waals surface area (Å²) in [5.74, 6) is 0.400. The maximum atomic E-state index is 9.75. The number of hydrogen-bond acceptors (Lipinski definition) is 4. The third-order valence-corrected chi connectivity index (χ3v) is 4.34. The van der Waals surface area contributed by atoms with E-state index in [1.807, 2.05) is 71.4 Å². The van der Waals surface area contributed by atoms with Crippen molar-refractivity contribution in [2.75, 3.05) is 0 Å². The molecule has 2 heterocycles. The van der Waals surface area contributed by atoms with Gasteiger partial charge in [-0.2, -0.15) is 5.26 Å². The van der Waals surface area contributed by atoms with Crippen LogP contribution in [0.2, 0.25) is 0 Å². The van der Waals surface area contributed by atoms with Crippen LogP contribution < -0.4 is 5.73 Å². The van der Waals surface area contributed by atoms with E-state index in [0.717, 1.165) is 16.8 Å². The van der Waals surface area contributed by atoms with E-state index in [9.17, 15) is 5.26 Å². The number of imidazole rings is 1. The van der Waals surface area contributed by atoms with E-state index in [0.29, 0.717) is 11.3 Å². The van der Waals surface area contributed by atoms with E-state index >= 15 is 0 Å². The summed E-state index contributed by atoms with van der Waals surface area (Å²) >= 11 is 0. The first-order valence-corrected chi connectivity index (χ1v) is 8.20. The zero-order valence-electron chi connectivity index (χ0n) is 13.9. The van der Waals surface area contributed by atoms with Crippen molar-refractivity contribution >= 4 is 11.5 Å². The Kier molecular flexibility index (Phi) is 4.00. The second-order valence-electron chi connectivity index (χ2n) is 5.89. The van der Waals surface area contributed by atoms with Crippen LogP contribution in [0.5, 0.6) is 0 Å². The van der Waals surface area contributed by atoms with Gasteiger partial charge in [0.2, 0.25) is 5.88 Å². The molecular formula is C21H16N4O. The molecule has 3 aromatic rings. The van der Waals surface area contributed by atoms with Crippen LogP contribution in [-0.2, 0) is 4.74 Å². The maximum absolute atomic E-state index is 9.75. The van der Waals surface area contributed by atoms with Crippen molar-refractivity contribution in [3.63, 3.8) is 0 Å². The molecule has 0 fully saturated rings. The van der Waals surface area contributed by atoms with Gasteiger partial charge in [0, 0.05) is 18.0 Å². The van der Waals surface area contributed by atoms with Crippen LogP contribution in [0.4, 0.5) is 0 Å². The molecule has 0 bridgehead atoms. The van der Waals surface area contributed by atoms with E-state index < -0.39 is 0 Å². The number of nitrogens with two attached hydrogens (primary N) is 1. The fourth-order valence-corrected chi connectivity index (χ4v) is 3.18. The molecule has 5 nitrogen and oxygen atoms in total. The Morgan fingerprint density at radius 1 is 1.04 bits per heavy atom. The van der Waals surface area contributed by atoms with Crippen molar-refractivity contribution in [1.29, 1.82) is 5.26 Å². The Balaban J connectivity index is 2.01. The third-order valence-electron chi connectivity index (χ3n) is 4.34. The molecule has 1 unspecified atom stereocenters. The summed E-state index contributed by atoms with van der Waals surface area (Å²) in [5.41, 5.74) is 9.19. The van der Waals surface area contributed by atoms with E-state index in [2.05, 4.69) is 11.1 Å². The number of hydrogen-bond donors (Lipinski definition) is 1. The normalized spacial score (nSPS) is 17.0. The summed E-state index contributed by atoms with van der Waals surface area (Å²) < 4.78 is 7.81. The van der Waals surface area contributed by atoms with Crippen LogP contribution in [0.3, 0.4) is 0 Å². The first-order chi connectivity index (χ1) is 12.8. The van der Waals surface area contributed by atoms with E-state index in [-0.39, 0.29) is 11.8 Å². The Hall–Kier alpha value is -3.78. The van der Waals surface area contributed by atoms with Gasteiger partial charge in [0.15, 0.2) is 5.76 Å². The molecule has 2 N–H and O–H groups in total. The molecule has 1 atom stereocenters. The van der Waals surface area contributed by atoms with Gasteiger partial charge < -0.3 is 15.0 Å². The minimum absolute atomic E-state index is 0.129. The van der Waals surface area contributed by atoms with Crippen molar-refractivity contribution in [3.05, 3.63) is 102 Å². The largest absolute Gasteiger partial charge is 0.438 e. The van der Waals surface area contributed by atoms with Crippen LogP contribution in [0.15, 0.2) is 90.8 Å². The highest BCUT2D eigenvalue weighted by molar-refractivity contribution is 5.86. The van der Waals surface area contributed by atoms with Gasteiger partial charge >= 0.3 is 0 Å². The zero-order valence-corrected chi connectivity index (χ0v) is 13.9. The van der Waals surface area contributed by atoms with Crippen molar-refractivity contribution in [2.24, 2.45) is 5.73 Å². The van der Waals surface area contributed by atoms with E-state index in [1.54, 1.807) is 12.5 Å². The molecular weight excluding hydrogens is 324 g/mol. The maximum Gasteiger partial charge on any atom is 0.205 e. The van der Waals surface area contributed by atoms with Crippen molar-refractivity contribution < 1.29 is 4.74 Å². The highest BCUT2D eigenvalue weighted by Crippen LogP contribution is 2.44. The van der Waals surface area contributed by atoms with Gasteiger partial charge in [-0.05, 0) is 5.56 Å². The number of benzene rings is 2. The van der Waals surface area contributed by atoms with Gasteiger partial charge in [0.05, 0.1) is 17.9 Å². The van der Waals surface area contributed by atoms with Gasteiger partial charge in [-0.1, -0.05) is 60.7 Å². The molecule has 0 saturated carbocycles. The number of aromatic nitrogens is 2. The molecule has 0 aliphatic carbocycles. The van der Waals surface area contributed by atoms with Gasteiger partial charge in [-0.15, -0.1) is 0 Å². The third kappa shape index (κ3) is 2.64. The summed E-state index contributed by atoms with van der Waals surface area (Å²) in [7, 11) is 0. The molecule has 1 aliphatic rings. The number of rotatable bonds is 3.